The van der Waals surface area contributed by atoms with Crippen LogP contribution in [0.3, 0.4) is 0 Å². The number of benzene rings is 2. The van der Waals surface area contributed by atoms with Gasteiger partial charge in [-0.25, -0.2) is 4.98 Å². The topological polar surface area (TPSA) is 47.1 Å². The van der Waals surface area contributed by atoms with E-state index >= 15 is 0 Å². The van der Waals surface area contributed by atoms with E-state index < -0.39 is 35.9 Å². The van der Waals surface area contributed by atoms with Crippen LogP contribution in [0.5, 0.6) is 0 Å². The molecule has 2 heterocycles. The van der Waals surface area contributed by atoms with E-state index in [9.17, 15) is 26.3 Å². The fraction of sp³-hybridized carbons (Fsp3) is 0.400. The monoisotopic (exact) mass is 498 g/mol. The van der Waals surface area contributed by atoms with Crippen LogP contribution in [-0.4, -0.2) is 22.9 Å². The van der Waals surface area contributed by atoms with Crippen molar-refractivity contribution in [2.24, 2.45) is 5.92 Å². The fourth-order valence-electron chi connectivity index (χ4n) is 4.45. The van der Waals surface area contributed by atoms with Crippen LogP contribution in [0.2, 0.25) is 0 Å². The van der Waals surface area contributed by atoms with Gasteiger partial charge in [-0.3, -0.25) is 0 Å². The molecule has 4 rings (SSSR count). The maximum Gasteiger partial charge on any atom is 0.416 e. The molecule has 4 nitrogen and oxygen atoms in total. The van der Waals surface area contributed by atoms with Crippen LogP contribution < -0.4 is 0 Å². The summed E-state index contributed by atoms with van der Waals surface area (Å²) in [6.45, 7) is 1.76. The highest BCUT2D eigenvalue weighted by Gasteiger charge is 2.40. The Bertz CT molecular complexity index is 1070. The number of nitrogens with zero attached hydrogens (tertiary/aromatic N) is 1. The first-order valence-corrected chi connectivity index (χ1v) is 11.1. The fourth-order valence-corrected chi connectivity index (χ4v) is 4.45. The molecular weight excluding hydrogens is 474 g/mol. The van der Waals surface area contributed by atoms with Gasteiger partial charge in [0, 0.05) is 24.7 Å². The number of ether oxygens (including phenoxy) is 2. The molecule has 0 spiro atoms. The molecule has 188 valence electrons. The highest BCUT2D eigenvalue weighted by Crippen LogP contribution is 2.42. The van der Waals surface area contributed by atoms with Gasteiger partial charge in [0.2, 0.25) is 0 Å². The standard InChI is InChI=1S/C25H24F6N2O2/c1-15(18-11-19(24(26,27)28)14-20(12-18)25(29,30)31)35-23-22(16-5-3-2-4-6-16)17(7-10-34-23)13-21-32-8-9-33-21/h2-6,8-9,11-12,14-15,17,22-23H,7,10,13H2,1H3,(H,32,33)/t15-,17+,22+,23-/m1/s1. The summed E-state index contributed by atoms with van der Waals surface area (Å²) in [5.74, 6) is 0.504. The Balaban J connectivity index is 1.64. The number of aromatic nitrogens is 2. The van der Waals surface area contributed by atoms with Gasteiger partial charge in [-0.05, 0) is 48.6 Å². The molecule has 2 aromatic carbocycles. The summed E-state index contributed by atoms with van der Waals surface area (Å²) in [5.41, 5.74) is -2.08. The molecule has 1 aliphatic rings. The second-order valence-corrected chi connectivity index (χ2v) is 8.58. The molecule has 35 heavy (non-hydrogen) atoms. The van der Waals surface area contributed by atoms with Crippen LogP contribution in [0.15, 0.2) is 60.9 Å². The van der Waals surface area contributed by atoms with E-state index in [1.807, 2.05) is 30.3 Å². The molecule has 1 saturated heterocycles. The lowest BCUT2D eigenvalue weighted by Gasteiger charge is -2.39. The third-order valence-electron chi connectivity index (χ3n) is 6.18. The van der Waals surface area contributed by atoms with Crippen molar-refractivity contribution in [2.45, 2.75) is 50.4 Å². The minimum Gasteiger partial charge on any atom is -0.352 e. The quantitative estimate of drug-likeness (QED) is 0.376. The summed E-state index contributed by atoms with van der Waals surface area (Å²) in [7, 11) is 0. The molecule has 1 N–H and O–H groups in total. The van der Waals surface area contributed by atoms with Crippen molar-refractivity contribution in [3.8, 4) is 0 Å². The maximum absolute atomic E-state index is 13.3. The average Bonchev–Trinajstić information content (AvgIpc) is 3.31. The summed E-state index contributed by atoms with van der Waals surface area (Å²) in [6.07, 6.45) is -7.18. The zero-order valence-electron chi connectivity index (χ0n) is 18.7. The molecule has 4 atom stereocenters. The molecule has 0 bridgehead atoms. The Morgan fingerprint density at radius 1 is 1.03 bits per heavy atom. The lowest BCUT2D eigenvalue weighted by atomic mass is 9.79. The number of H-pyrrole nitrogens is 1. The molecule has 1 aromatic heterocycles. The molecule has 0 saturated carbocycles. The number of rotatable bonds is 6. The van der Waals surface area contributed by atoms with Gasteiger partial charge in [0.1, 0.15) is 5.82 Å². The minimum absolute atomic E-state index is 0.0294. The van der Waals surface area contributed by atoms with E-state index in [-0.39, 0.29) is 23.5 Å². The minimum atomic E-state index is -4.93. The first-order valence-electron chi connectivity index (χ1n) is 11.1. The molecule has 1 aliphatic heterocycles. The number of hydrogen-bond acceptors (Lipinski definition) is 3. The van der Waals surface area contributed by atoms with E-state index in [0.717, 1.165) is 11.4 Å². The Kier molecular flexibility index (Phi) is 7.23. The zero-order chi connectivity index (χ0) is 25.2. The van der Waals surface area contributed by atoms with Crippen LogP contribution in [-0.2, 0) is 28.2 Å². The van der Waals surface area contributed by atoms with Gasteiger partial charge < -0.3 is 14.5 Å². The average molecular weight is 498 g/mol. The molecular formula is C25H24F6N2O2. The van der Waals surface area contributed by atoms with Gasteiger partial charge in [-0.1, -0.05) is 30.3 Å². The molecule has 3 aromatic rings. The Hall–Kier alpha value is -2.85. The van der Waals surface area contributed by atoms with Crippen molar-refractivity contribution in [3.05, 3.63) is 89.0 Å². The van der Waals surface area contributed by atoms with Crippen LogP contribution >= 0.6 is 0 Å². The first-order chi connectivity index (χ1) is 16.5. The summed E-state index contributed by atoms with van der Waals surface area (Å²) >= 11 is 0. The number of alkyl halides is 6. The summed E-state index contributed by atoms with van der Waals surface area (Å²) < 4.78 is 91.9. The number of nitrogens with one attached hydrogen (secondary N) is 1. The van der Waals surface area contributed by atoms with Crippen molar-refractivity contribution >= 4 is 0 Å². The molecule has 10 heteroatoms. The third-order valence-corrected chi connectivity index (χ3v) is 6.18. The van der Waals surface area contributed by atoms with E-state index in [1.165, 1.54) is 6.92 Å². The second kappa shape index (κ2) is 10.0. The normalized spacial score (nSPS) is 22.2. The largest absolute Gasteiger partial charge is 0.416 e. The number of imidazole rings is 1. The predicted octanol–water partition coefficient (Wildman–Crippen LogP) is 6.91. The smallest absolute Gasteiger partial charge is 0.352 e. The summed E-state index contributed by atoms with van der Waals surface area (Å²) in [5, 5.41) is 0. The Morgan fingerprint density at radius 3 is 2.26 bits per heavy atom. The summed E-state index contributed by atoms with van der Waals surface area (Å²) in [6, 6.07) is 10.9. The molecule has 0 amide bonds. The van der Waals surface area contributed by atoms with Gasteiger partial charge in [0.05, 0.1) is 23.8 Å². The van der Waals surface area contributed by atoms with E-state index in [2.05, 4.69) is 9.97 Å². The van der Waals surface area contributed by atoms with Gasteiger partial charge in [0.15, 0.2) is 6.29 Å². The van der Waals surface area contributed by atoms with Crippen molar-refractivity contribution in [1.29, 1.82) is 0 Å². The van der Waals surface area contributed by atoms with E-state index in [0.29, 0.717) is 31.6 Å². The molecule has 0 aliphatic carbocycles. The molecule has 0 radical (unpaired) electrons. The van der Waals surface area contributed by atoms with Crippen LogP contribution in [0.4, 0.5) is 26.3 Å². The second-order valence-electron chi connectivity index (χ2n) is 8.58. The third kappa shape index (κ3) is 6.05. The van der Waals surface area contributed by atoms with Crippen LogP contribution in [0.25, 0.3) is 0 Å². The van der Waals surface area contributed by atoms with Crippen molar-refractivity contribution in [1.82, 2.24) is 9.97 Å². The van der Waals surface area contributed by atoms with Crippen LogP contribution in [0.1, 0.15) is 53.4 Å². The Morgan fingerprint density at radius 2 is 1.69 bits per heavy atom. The molecule has 1 fully saturated rings. The van der Waals surface area contributed by atoms with Crippen LogP contribution in [0, 0.1) is 5.92 Å². The molecule has 0 unspecified atom stereocenters. The highest BCUT2D eigenvalue weighted by atomic mass is 19.4. The van der Waals surface area contributed by atoms with Crippen molar-refractivity contribution < 1.29 is 35.8 Å². The number of aromatic amines is 1. The van der Waals surface area contributed by atoms with Crippen molar-refractivity contribution in [2.75, 3.05) is 6.61 Å². The Labute approximate surface area is 198 Å². The maximum atomic E-state index is 13.3. The van der Waals surface area contributed by atoms with Gasteiger partial charge >= 0.3 is 12.4 Å². The predicted molar refractivity (Wildman–Crippen MR) is 115 cm³/mol. The lowest BCUT2D eigenvalue weighted by molar-refractivity contribution is -0.209. The van der Waals surface area contributed by atoms with E-state index in [1.54, 1.807) is 12.4 Å². The number of hydrogen-bond donors (Lipinski definition) is 1. The van der Waals surface area contributed by atoms with Gasteiger partial charge in [-0.15, -0.1) is 0 Å². The summed E-state index contributed by atoms with van der Waals surface area (Å²) in [4.78, 5) is 7.36. The SMILES string of the molecule is C[C@@H](O[C@H]1OCC[C@@H](Cc2ncc[nH]2)[C@@H]1c1ccccc1)c1cc(C(F)(F)F)cc(C(F)(F)F)c1. The van der Waals surface area contributed by atoms with Crippen molar-refractivity contribution in [3.63, 3.8) is 0 Å². The van der Waals surface area contributed by atoms with Gasteiger partial charge in [0.25, 0.3) is 0 Å². The van der Waals surface area contributed by atoms with Gasteiger partial charge in [-0.2, -0.15) is 26.3 Å². The zero-order valence-corrected chi connectivity index (χ0v) is 18.7. The van der Waals surface area contributed by atoms with E-state index in [4.69, 9.17) is 9.47 Å². The highest BCUT2D eigenvalue weighted by molar-refractivity contribution is 5.35. The number of halogens is 6. The lowest BCUT2D eigenvalue weighted by Crippen LogP contribution is -2.38. The first kappa shape index (κ1) is 25.2.